The summed E-state index contributed by atoms with van der Waals surface area (Å²) < 4.78 is 0. The summed E-state index contributed by atoms with van der Waals surface area (Å²) in [4.78, 5) is 7.13. The quantitative estimate of drug-likeness (QED) is 0.574. The molecule has 1 aromatic heterocycles. The highest BCUT2D eigenvalue weighted by atomic mass is 35.5. The van der Waals surface area contributed by atoms with Gasteiger partial charge >= 0.3 is 0 Å². The smallest absolute Gasteiger partial charge is 0.0928 e. The van der Waals surface area contributed by atoms with Crippen LogP contribution in [0.5, 0.6) is 0 Å². The molecule has 2 nitrogen and oxygen atoms in total. The number of rotatable bonds is 6. The summed E-state index contributed by atoms with van der Waals surface area (Å²) in [5, 5.41) is 3.32. The second-order valence-corrected chi connectivity index (χ2v) is 7.54. The van der Waals surface area contributed by atoms with Crippen LogP contribution in [-0.2, 0) is 12.3 Å². The molecule has 2 rings (SSSR count). The Morgan fingerprint density at radius 1 is 1.32 bits per heavy atom. The van der Waals surface area contributed by atoms with Crippen LogP contribution in [0.3, 0.4) is 0 Å². The monoisotopic (exact) mass is 300 g/mol. The van der Waals surface area contributed by atoms with E-state index in [1.54, 1.807) is 11.3 Å². The van der Waals surface area contributed by atoms with Crippen LogP contribution in [0.1, 0.15) is 50.2 Å². The lowest BCUT2D eigenvalue weighted by Gasteiger charge is -2.36. The van der Waals surface area contributed by atoms with Gasteiger partial charge in [0.25, 0.3) is 0 Å². The zero-order valence-corrected chi connectivity index (χ0v) is 13.7. The fraction of sp³-hybridized carbons (Fsp3) is 0.800. The second kappa shape index (κ2) is 7.05. The molecule has 0 N–H and O–H groups in total. The molecule has 4 heteroatoms. The van der Waals surface area contributed by atoms with E-state index < -0.39 is 0 Å². The van der Waals surface area contributed by atoms with Gasteiger partial charge in [0.2, 0.25) is 0 Å². The molecule has 1 fully saturated rings. The average molecular weight is 301 g/mol. The molecule has 1 aliphatic heterocycles. The normalized spacial score (nSPS) is 19.7. The molecule has 0 saturated carbocycles. The number of piperidine rings is 1. The van der Waals surface area contributed by atoms with E-state index in [0.29, 0.717) is 11.3 Å². The summed E-state index contributed by atoms with van der Waals surface area (Å²) in [6.07, 6.45) is 6.34. The number of alkyl halides is 1. The molecule has 1 aromatic rings. The van der Waals surface area contributed by atoms with Gasteiger partial charge in [-0.25, -0.2) is 4.98 Å². The maximum absolute atomic E-state index is 5.76. The Kier molecular flexibility index (Phi) is 5.67. The highest BCUT2D eigenvalue weighted by molar-refractivity contribution is 7.09. The van der Waals surface area contributed by atoms with Crippen molar-refractivity contribution >= 4 is 22.9 Å². The molecule has 0 amide bonds. The third kappa shape index (κ3) is 5.05. The summed E-state index contributed by atoms with van der Waals surface area (Å²) in [5.41, 5.74) is 1.59. The number of hydrogen-bond acceptors (Lipinski definition) is 3. The van der Waals surface area contributed by atoms with E-state index in [-0.39, 0.29) is 0 Å². The molecule has 0 aliphatic carbocycles. The molecule has 19 heavy (non-hydrogen) atoms. The average Bonchev–Trinajstić information content (AvgIpc) is 2.84. The van der Waals surface area contributed by atoms with Crippen molar-refractivity contribution in [2.75, 3.05) is 19.6 Å². The zero-order valence-electron chi connectivity index (χ0n) is 12.1. The fourth-order valence-corrected chi connectivity index (χ4v) is 3.59. The summed E-state index contributed by atoms with van der Waals surface area (Å²) in [6.45, 7) is 8.59. The standard InChI is InChI=1S/C15H25ClN2S/c1-15(2)6-9-18(10-7-15)8-4-3-5-14-17-13(11-16)12-19-14/h12H,3-11H2,1-2H3. The van der Waals surface area contributed by atoms with Crippen molar-refractivity contribution in [1.29, 1.82) is 0 Å². The Hall–Kier alpha value is -0.120. The van der Waals surface area contributed by atoms with E-state index in [1.807, 2.05) is 0 Å². The summed E-state index contributed by atoms with van der Waals surface area (Å²) in [7, 11) is 0. The first-order valence-corrected chi connectivity index (χ1v) is 8.72. The minimum atomic E-state index is 0.542. The lowest BCUT2D eigenvalue weighted by molar-refractivity contribution is 0.131. The van der Waals surface area contributed by atoms with Gasteiger partial charge in [0.1, 0.15) is 0 Å². The van der Waals surface area contributed by atoms with E-state index in [9.17, 15) is 0 Å². The molecule has 0 spiro atoms. The first-order valence-electron chi connectivity index (χ1n) is 7.31. The molecule has 0 aromatic carbocycles. The highest BCUT2D eigenvalue weighted by Gasteiger charge is 2.24. The molecule has 0 unspecified atom stereocenters. The first-order chi connectivity index (χ1) is 9.09. The minimum absolute atomic E-state index is 0.542. The maximum Gasteiger partial charge on any atom is 0.0928 e. The lowest BCUT2D eigenvalue weighted by Crippen LogP contribution is -2.37. The number of halogens is 1. The molecular weight excluding hydrogens is 276 g/mol. The largest absolute Gasteiger partial charge is 0.303 e. The van der Waals surface area contributed by atoms with Crippen molar-refractivity contribution in [3.63, 3.8) is 0 Å². The molecular formula is C15H25ClN2S. The second-order valence-electron chi connectivity index (χ2n) is 6.33. The van der Waals surface area contributed by atoms with Crippen LogP contribution in [0.4, 0.5) is 0 Å². The number of aryl methyl sites for hydroxylation is 1. The van der Waals surface area contributed by atoms with Crippen molar-refractivity contribution in [1.82, 2.24) is 9.88 Å². The minimum Gasteiger partial charge on any atom is -0.303 e. The predicted molar refractivity (Wildman–Crippen MR) is 84.1 cm³/mol. The Bertz CT molecular complexity index is 379. The number of likely N-dealkylation sites (tertiary alicyclic amines) is 1. The van der Waals surface area contributed by atoms with Gasteiger partial charge in [-0.15, -0.1) is 22.9 Å². The number of thiazole rings is 1. The van der Waals surface area contributed by atoms with Gasteiger partial charge in [0.15, 0.2) is 0 Å². The van der Waals surface area contributed by atoms with Crippen molar-refractivity contribution in [3.05, 3.63) is 16.1 Å². The zero-order chi connectivity index (χ0) is 13.7. The van der Waals surface area contributed by atoms with Crippen molar-refractivity contribution in [2.45, 2.75) is 51.8 Å². The molecule has 0 radical (unpaired) electrons. The Labute approximate surface area is 126 Å². The van der Waals surface area contributed by atoms with Crippen molar-refractivity contribution < 1.29 is 0 Å². The molecule has 2 heterocycles. The van der Waals surface area contributed by atoms with Crippen LogP contribution in [0.15, 0.2) is 5.38 Å². The molecule has 0 atom stereocenters. The van der Waals surface area contributed by atoms with Gasteiger partial charge in [-0.05, 0) is 57.2 Å². The van der Waals surface area contributed by atoms with Crippen molar-refractivity contribution in [2.24, 2.45) is 5.41 Å². The maximum atomic E-state index is 5.76. The van der Waals surface area contributed by atoms with E-state index in [4.69, 9.17) is 11.6 Å². The number of aromatic nitrogens is 1. The Morgan fingerprint density at radius 3 is 2.68 bits per heavy atom. The van der Waals surface area contributed by atoms with Crippen LogP contribution in [0, 0.1) is 5.41 Å². The van der Waals surface area contributed by atoms with Crippen LogP contribution >= 0.6 is 22.9 Å². The predicted octanol–water partition coefficient (Wildman–Crippen LogP) is 4.33. The topological polar surface area (TPSA) is 16.1 Å². The highest BCUT2D eigenvalue weighted by Crippen LogP contribution is 2.29. The lowest BCUT2D eigenvalue weighted by atomic mass is 9.82. The van der Waals surface area contributed by atoms with E-state index in [2.05, 4.69) is 29.1 Å². The first kappa shape index (κ1) is 15.3. The molecule has 1 aliphatic rings. The Morgan fingerprint density at radius 2 is 2.05 bits per heavy atom. The molecule has 0 bridgehead atoms. The number of unbranched alkanes of at least 4 members (excludes halogenated alkanes) is 1. The van der Waals surface area contributed by atoms with Crippen molar-refractivity contribution in [3.8, 4) is 0 Å². The third-order valence-electron chi connectivity index (χ3n) is 4.06. The number of hydrogen-bond donors (Lipinski definition) is 0. The SMILES string of the molecule is CC1(C)CCN(CCCCc2nc(CCl)cs2)CC1. The summed E-state index contributed by atoms with van der Waals surface area (Å²) >= 11 is 7.51. The van der Waals surface area contributed by atoms with Gasteiger partial charge in [0.05, 0.1) is 16.6 Å². The Balaban J connectivity index is 1.59. The van der Waals surface area contributed by atoms with Crippen LogP contribution in [0.25, 0.3) is 0 Å². The van der Waals surface area contributed by atoms with Crippen LogP contribution in [0.2, 0.25) is 0 Å². The van der Waals surface area contributed by atoms with Gasteiger partial charge in [0, 0.05) is 5.38 Å². The number of nitrogens with zero attached hydrogens (tertiary/aromatic N) is 2. The fourth-order valence-electron chi connectivity index (χ4n) is 2.52. The summed E-state index contributed by atoms with van der Waals surface area (Å²) in [5.74, 6) is 0.542. The summed E-state index contributed by atoms with van der Waals surface area (Å²) in [6, 6.07) is 0. The molecule has 108 valence electrons. The van der Waals surface area contributed by atoms with Gasteiger partial charge in [-0.3, -0.25) is 0 Å². The van der Waals surface area contributed by atoms with E-state index in [1.165, 1.54) is 50.3 Å². The van der Waals surface area contributed by atoms with E-state index in [0.717, 1.165) is 12.1 Å². The van der Waals surface area contributed by atoms with Crippen LogP contribution < -0.4 is 0 Å². The van der Waals surface area contributed by atoms with Gasteiger partial charge < -0.3 is 4.90 Å². The van der Waals surface area contributed by atoms with Crippen LogP contribution in [-0.4, -0.2) is 29.5 Å². The van der Waals surface area contributed by atoms with Gasteiger partial charge in [-0.2, -0.15) is 0 Å². The third-order valence-corrected chi connectivity index (χ3v) is 5.29. The van der Waals surface area contributed by atoms with E-state index >= 15 is 0 Å². The molecule has 1 saturated heterocycles. The van der Waals surface area contributed by atoms with Gasteiger partial charge in [-0.1, -0.05) is 13.8 Å².